The van der Waals surface area contributed by atoms with Crippen LogP contribution in [0.2, 0.25) is 0 Å². The summed E-state index contributed by atoms with van der Waals surface area (Å²) in [7, 11) is 0.318. The number of carbonyl (C=O) groups excluding carboxylic acids is 1. The zero-order chi connectivity index (χ0) is 31.6. The monoisotopic (exact) mass is 637 g/mol. The molecule has 0 spiro atoms. The summed E-state index contributed by atoms with van der Waals surface area (Å²) in [4.78, 5) is 25.2. The van der Waals surface area contributed by atoms with Crippen LogP contribution in [0.4, 0.5) is 4.39 Å². The van der Waals surface area contributed by atoms with E-state index in [-0.39, 0.29) is 24.8 Å². The van der Waals surface area contributed by atoms with Crippen molar-refractivity contribution in [2.75, 3.05) is 39.5 Å². The highest BCUT2D eigenvalue weighted by Gasteiger charge is 2.31. The topological polar surface area (TPSA) is 129 Å². The van der Waals surface area contributed by atoms with Crippen molar-refractivity contribution in [3.05, 3.63) is 41.6 Å². The van der Waals surface area contributed by atoms with Crippen LogP contribution in [0, 0.1) is 5.92 Å². The highest BCUT2D eigenvalue weighted by atomic mass is 32.2. The molecule has 1 aromatic carbocycles. The van der Waals surface area contributed by atoms with Gasteiger partial charge in [-0.15, -0.1) is 0 Å². The molecule has 7 rings (SSSR count). The Hall–Kier alpha value is -3.55. The Morgan fingerprint density at radius 2 is 1.84 bits per heavy atom. The van der Waals surface area contributed by atoms with Crippen LogP contribution >= 0.6 is 0 Å². The molecular formula is C32H40FN7O4S. The number of benzene rings is 1. The molecule has 1 aliphatic carbocycles. The summed E-state index contributed by atoms with van der Waals surface area (Å²) in [6, 6.07) is 9.36. The van der Waals surface area contributed by atoms with Crippen LogP contribution in [0.5, 0.6) is 5.75 Å². The van der Waals surface area contributed by atoms with Crippen LogP contribution in [0.3, 0.4) is 0 Å². The lowest BCUT2D eigenvalue weighted by Crippen LogP contribution is -2.50. The number of nitrogens with two attached hydrogens (primary N) is 1. The predicted octanol–water partition coefficient (Wildman–Crippen LogP) is 3.66. The third-order valence-corrected chi connectivity index (χ3v) is 10.9. The molecular weight excluding hydrogens is 597 g/mol. The summed E-state index contributed by atoms with van der Waals surface area (Å²) in [5, 5.41) is 1.01. The molecule has 1 amide bonds. The van der Waals surface area contributed by atoms with E-state index in [1.807, 2.05) is 11.6 Å². The lowest BCUT2D eigenvalue weighted by molar-refractivity contribution is 0.0606. The van der Waals surface area contributed by atoms with Crippen LogP contribution in [0.25, 0.3) is 33.6 Å². The molecule has 4 aromatic rings. The number of sulfonamides is 1. The maximum atomic E-state index is 14.3. The first kappa shape index (κ1) is 30.1. The van der Waals surface area contributed by atoms with Crippen molar-refractivity contribution in [1.29, 1.82) is 0 Å². The molecule has 240 valence electrons. The minimum Gasteiger partial charge on any atom is -0.494 e. The van der Waals surface area contributed by atoms with Gasteiger partial charge in [-0.25, -0.2) is 27.1 Å². The molecule has 11 nitrogen and oxygen atoms in total. The van der Waals surface area contributed by atoms with Gasteiger partial charge in [-0.2, -0.15) is 0 Å². The molecule has 3 aliphatic rings. The zero-order valence-corrected chi connectivity index (χ0v) is 26.8. The van der Waals surface area contributed by atoms with Gasteiger partial charge in [0.15, 0.2) is 5.82 Å². The fraction of sp³-hybridized carbons (Fsp3) is 0.531. The van der Waals surface area contributed by atoms with E-state index in [2.05, 4.69) is 22.8 Å². The predicted molar refractivity (Wildman–Crippen MR) is 171 cm³/mol. The Balaban J connectivity index is 1.27. The molecule has 45 heavy (non-hydrogen) atoms. The van der Waals surface area contributed by atoms with Crippen LogP contribution in [-0.4, -0.2) is 94.4 Å². The van der Waals surface area contributed by atoms with Crippen molar-refractivity contribution in [3.63, 3.8) is 0 Å². The maximum Gasteiger partial charge on any atom is 0.254 e. The van der Waals surface area contributed by atoms with Crippen molar-refractivity contribution in [3.8, 4) is 17.3 Å². The van der Waals surface area contributed by atoms with Crippen LogP contribution in [0.15, 0.2) is 30.3 Å². The normalized spacial score (nSPS) is 22.0. The number of ether oxygens (including phenoxy) is 1. The lowest BCUT2D eigenvalue weighted by Gasteiger charge is -2.33. The lowest BCUT2D eigenvalue weighted by atomic mass is 9.94. The molecule has 3 aromatic heterocycles. The van der Waals surface area contributed by atoms with Crippen LogP contribution in [-0.2, 0) is 23.6 Å². The minimum atomic E-state index is -3.20. The zero-order valence-electron chi connectivity index (χ0n) is 25.9. The Morgan fingerprint density at radius 1 is 1.09 bits per heavy atom. The molecule has 3 fully saturated rings. The van der Waals surface area contributed by atoms with Gasteiger partial charge in [0.1, 0.15) is 23.1 Å². The molecule has 13 heteroatoms. The van der Waals surface area contributed by atoms with Crippen LogP contribution < -0.4 is 10.5 Å². The number of alkyl halides is 1. The van der Waals surface area contributed by atoms with Gasteiger partial charge in [-0.05, 0) is 68.4 Å². The van der Waals surface area contributed by atoms with E-state index in [0.29, 0.717) is 42.4 Å². The number of fused-ring (bicyclic) bond motifs is 2. The molecule has 2 atom stereocenters. The summed E-state index contributed by atoms with van der Waals surface area (Å²) in [5.74, 6) is 1.73. The van der Waals surface area contributed by atoms with Crippen LogP contribution in [0.1, 0.15) is 54.1 Å². The minimum absolute atomic E-state index is 0.0213. The molecule has 5 heterocycles. The van der Waals surface area contributed by atoms with Gasteiger partial charge in [-0.1, -0.05) is 0 Å². The second kappa shape index (κ2) is 11.4. The first-order valence-corrected chi connectivity index (χ1v) is 17.5. The second-order valence-electron chi connectivity index (χ2n) is 13.0. The number of halogens is 1. The third-order valence-electron chi connectivity index (χ3n) is 9.59. The van der Waals surface area contributed by atoms with E-state index < -0.39 is 22.2 Å². The summed E-state index contributed by atoms with van der Waals surface area (Å²) in [6.45, 7) is 2.16. The number of hydrogen-bond donors (Lipinski definition) is 1. The summed E-state index contributed by atoms with van der Waals surface area (Å²) >= 11 is 0. The number of methoxy groups -OCH3 is 1. The quantitative estimate of drug-likeness (QED) is 0.328. The van der Waals surface area contributed by atoms with Gasteiger partial charge in [0.2, 0.25) is 10.0 Å². The Bertz CT molecular complexity index is 1880. The molecule has 0 radical (unpaired) electrons. The van der Waals surface area contributed by atoms with Crippen molar-refractivity contribution < 1.29 is 22.3 Å². The number of aryl methyl sites for hydroxylation is 1. The van der Waals surface area contributed by atoms with Gasteiger partial charge >= 0.3 is 0 Å². The Labute approximate surface area is 262 Å². The number of carbonyl (C=O) groups is 1. The average Bonchev–Trinajstić information content (AvgIpc) is 3.68. The number of amides is 1. The van der Waals surface area contributed by atoms with E-state index in [1.165, 1.54) is 24.0 Å². The number of piperidine rings is 2. The summed E-state index contributed by atoms with van der Waals surface area (Å²) in [5.41, 5.74) is 10.6. The fourth-order valence-electron chi connectivity index (χ4n) is 7.02. The third kappa shape index (κ3) is 5.70. The Morgan fingerprint density at radius 3 is 2.51 bits per heavy atom. The fourth-order valence-corrected chi connectivity index (χ4v) is 7.90. The van der Waals surface area contributed by atoms with Crippen molar-refractivity contribution in [1.82, 2.24) is 28.3 Å². The first-order valence-electron chi connectivity index (χ1n) is 15.7. The number of likely N-dealkylation sites (tertiary alicyclic amines) is 1. The standard InChI is InChI=1S/C32H40FN7O4S/c1-37-29-26(12-22(14-28(29)44-2)32(41)38-17-23(33)15-24(34)18-38)36-31(37)27-13-21-6-7-25(35-30(21)40(27)16-19-4-5-19)20-8-10-39(11-9-20)45(3,42)43/h6-7,12-14,19-20,23-24H,4-5,8-11,15-18,34H2,1-3H3/t23-,24-/m1/s1. The largest absolute Gasteiger partial charge is 0.494 e. The number of imidazole rings is 1. The van der Waals surface area contributed by atoms with Gasteiger partial charge < -0.3 is 24.5 Å². The van der Waals surface area contributed by atoms with Crippen molar-refractivity contribution in [2.24, 2.45) is 18.7 Å². The Kier molecular flexibility index (Phi) is 7.60. The van der Waals surface area contributed by atoms with Gasteiger partial charge in [0, 0.05) is 61.8 Å². The van der Waals surface area contributed by atoms with E-state index in [4.69, 9.17) is 20.4 Å². The number of pyridine rings is 1. The van der Waals surface area contributed by atoms with Gasteiger partial charge in [0.05, 0.1) is 31.1 Å². The van der Waals surface area contributed by atoms with E-state index in [1.54, 1.807) is 23.5 Å². The molecule has 2 aliphatic heterocycles. The highest BCUT2D eigenvalue weighted by molar-refractivity contribution is 7.88. The van der Waals surface area contributed by atoms with E-state index in [0.717, 1.165) is 53.1 Å². The molecule has 1 saturated carbocycles. The van der Waals surface area contributed by atoms with E-state index in [9.17, 15) is 17.6 Å². The maximum absolute atomic E-state index is 14.3. The number of hydrogen-bond acceptors (Lipinski definition) is 7. The van der Waals surface area contributed by atoms with Crippen molar-refractivity contribution in [2.45, 2.75) is 56.8 Å². The molecule has 0 unspecified atom stereocenters. The summed E-state index contributed by atoms with van der Waals surface area (Å²) in [6.07, 6.45) is 4.20. The number of aromatic nitrogens is 4. The number of rotatable bonds is 7. The highest BCUT2D eigenvalue weighted by Crippen LogP contribution is 2.38. The molecule has 2 N–H and O–H groups in total. The smallest absolute Gasteiger partial charge is 0.254 e. The second-order valence-corrected chi connectivity index (χ2v) is 15.0. The summed E-state index contributed by atoms with van der Waals surface area (Å²) < 4.78 is 49.9. The van der Waals surface area contributed by atoms with Gasteiger partial charge in [0.25, 0.3) is 5.91 Å². The van der Waals surface area contributed by atoms with Gasteiger partial charge in [-0.3, -0.25) is 4.79 Å². The molecule has 0 bridgehead atoms. The number of nitrogens with zero attached hydrogens (tertiary/aromatic N) is 6. The molecule has 2 saturated heterocycles. The SMILES string of the molecule is COc1cc(C(=O)N2C[C@H](N)C[C@@H](F)C2)cc2nc(-c3cc4ccc(C5CCN(S(C)(=O)=O)CC5)nc4n3CC3CC3)n(C)c12. The first-order chi connectivity index (χ1) is 21.5. The average molecular weight is 638 g/mol. The van der Waals surface area contributed by atoms with E-state index >= 15 is 0 Å². The van der Waals surface area contributed by atoms with Crippen molar-refractivity contribution >= 4 is 38.0 Å².